The molecule has 0 aliphatic rings. The van der Waals surface area contributed by atoms with Crippen LogP contribution in [-0.2, 0) is 14.3 Å². The molecule has 1 amide bonds. The highest BCUT2D eigenvalue weighted by Crippen LogP contribution is 2.19. The van der Waals surface area contributed by atoms with Crippen molar-refractivity contribution in [1.82, 2.24) is 15.5 Å². The summed E-state index contributed by atoms with van der Waals surface area (Å²) in [7, 11) is 5.34. The molecule has 2 aromatic rings. The van der Waals surface area contributed by atoms with E-state index in [-0.39, 0.29) is 12.1 Å². The number of H-pyrrole nitrogens is 1. The van der Waals surface area contributed by atoms with Crippen LogP contribution in [0.1, 0.15) is 16.8 Å². The van der Waals surface area contributed by atoms with Crippen molar-refractivity contribution in [2.75, 3.05) is 27.7 Å². The minimum absolute atomic E-state index is 0.208. The molecule has 1 aromatic carbocycles. The summed E-state index contributed by atoms with van der Waals surface area (Å²) in [5, 5.41) is 9.34. The Hall–Kier alpha value is -3.21. The number of halogens is 3. The molecule has 1 heterocycles. The number of likely N-dealkylation sites (N-methyl/N-ethyl adjacent to an activating group) is 1. The maximum atomic E-state index is 12.7. The molecule has 0 fully saturated rings. The summed E-state index contributed by atoms with van der Waals surface area (Å²) < 4.78 is 41.0. The molecule has 0 aliphatic heterocycles. The number of aromatic nitrogens is 2. The molecule has 30 heavy (non-hydrogen) atoms. The number of nitrogens with one attached hydrogen (secondary N) is 2. The summed E-state index contributed by atoms with van der Waals surface area (Å²) in [4.78, 5) is 35.4. The van der Waals surface area contributed by atoms with Gasteiger partial charge in [0.2, 0.25) is 0 Å². The van der Waals surface area contributed by atoms with Gasteiger partial charge in [-0.3, -0.25) is 14.7 Å². The normalized spacial score (nSPS) is 12.9. The maximum Gasteiger partial charge on any atom is 0.491 e. The second kappa shape index (κ2) is 9.08. The fourth-order valence-corrected chi connectivity index (χ4v) is 2.74. The van der Waals surface area contributed by atoms with E-state index in [4.69, 9.17) is 0 Å². The topological polar surface area (TPSA) is 101 Å². The predicted molar refractivity (Wildman–Crippen MR) is 99.9 cm³/mol. The number of alkyl halides is 3. The van der Waals surface area contributed by atoms with Gasteiger partial charge in [-0.15, -0.1) is 0 Å². The highest BCUT2D eigenvalue weighted by atomic mass is 19.4. The van der Waals surface area contributed by atoms with Gasteiger partial charge in [-0.2, -0.15) is 18.3 Å². The zero-order chi connectivity index (χ0) is 22.5. The van der Waals surface area contributed by atoms with Crippen molar-refractivity contribution in [2.24, 2.45) is 0 Å². The molecule has 11 heteroatoms. The van der Waals surface area contributed by atoms with Gasteiger partial charge in [-0.25, -0.2) is 4.79 Å². The van der Waals surface area contributed by atoms with Gasteiger partial charge in [0, 0.05) is 17.3 Å². The van der Waals surface area contributed by atoms with Gasteiger partial charge in [0.1, 0.15) is 0 Å². The van der Waals surface area contributed by atoms with Crippen LogP contribution in [0.25, 0.3) is 11.3 Å². The minimum Gasteiger partial charge on any atom is -0.386 e. The van der Waals surface area contributed by atoms with Crippen LogP contribution >= 0.6 is 0 Å². The third-order valence-electron chi connectivity index (χ3n) is 3.88. The van der Waals surface area contributed by atoms with Crippen LogP contribution in [-0.4, -0.2) is 72.4 Å². The van der Waals surface area contributed by atoms with Crippen LogP contribution in [0, 0.1) is 0 Å². The summed E-state index contributed by atoms with van der Waals surface area (Å²) in [6.45, 7) is 0.208. The highest BCUT2D eigenvalue weighted by Gasteiger charge is 2.42. The Bertz CT molecular complexity index is 905. The molecule has 0 unspecified atom stereocenters. The third kappa shape index (κ3) is 6.99. The van der Waals surface area contributed by atoms with Crippen LogP contribution < -0.4 is 5.32 Å². The van der Waals surface area contributed by atoms with Crippen molar-refractivity contribution < 1.29 is 36.8 Å². The molecular weight excluding hydrogens is 405 g/mol. The number of ether oxygens (including phenoxy) is 1. The molecule has 0 aliphatic carbocycles. The first kappa shape index (κ1) is 23.1. The van der Waals surface area contributed by atoms with Crippen LogP contribution in [0.15, 0.2) is 36.5 Å². The summed E-state index contributed by atoms with van der Waals surface area (Å²) in [5.41, 5.74) is 1.59. The summed E-state index contributed by atoms with van der Waals surface area (Å²) in [5.74, 6) is -4.49. The van der Waals surface area contributed by atoms with Crippen molar-refractivity contribution in [3.8, 4) is 11.3 Å². The lowest BCUT2D eigenvalue weighted by atomic mass is 10.1. The first-order valence-electron chi connectivity index (χ1n) is 8.88. The molecule has 1 aromatic heterocycles. The van der Waals surface area contributed by atoms with E-state index in [1.807, 2.05) is 0 Å². The molecule has 2 N–H and O–H groups in total. The first-order valence-corrected chi connectivity index (χ1v) is 8.88. The van der Waals surface area contributed by atoms with E-state index in [0.29, 0.717) is 15.7 Å². The molecule has 0 spiro atoms. The lowest BCUT2D eigenvalue weighted by Crippen LogP contribution is -2.50. The van der Waals surface area contributed by atoms with Crippen LogP contribution in [0.3, 0.4) is 0 Å². The Morgan fingerprint density at radius 2 is 1.90 bits per heavy atom. The third-order valence-corrected chi connectivity index (χ3v) is 3.88. The number of rotatable bonds is 7. The van der Waals surface area contributed by atoms with E-state index >= 15 is 0 Å². The number of benzene rings is 1. The smallest absolute Gasteiger partial charge is 0.386 e. The molecule has 0 saturated heterocycles. The predicted octanol–water partition coefficient (Wildman–Crippen LogP) is 1.90. The van der Waals surface area contributed by atoms with Crippen molar-refractivity contribution in [2.45, 2.75) is 18.6 Å². The zero-order valence-corrected chi connectivity index (χ0v) is 16.6. The number of hydrogen-bond acceptors (Lipinski definition) is 5. The number of hydrogen-bond donors (Lipinski definition) is 2. The Kier molecular flexibility index (Phi) is 6.98. The number of carbonyl (C=O) groups is 3. The first-order chi connectivity index (χ1) is 13.8. The summed E-state index contributed by atoms with van der Waals surface area (Å²) >= 11 is 0. The number of carbonyl (C=O) groups excluding carboxylic acids is 3. The summed E-state index contributed by atoms with van der Waals surface area (Å²) in [6, 6.07) is 7.44. The SMILES string of the molecule is C[N+](C)(C)C[C@@H](CC(=O)OC(=O)C(F)(F)F)NC(=O)c1cccc(-c2cc[nH]n2)c1. The molecular formula is C19H22F3N4O4+. The highest BCUT2D eigenvalue weighted by molar-refractivity contribution is 5.96. The van der Waals surface area contributed by atoms with Crippen molar-refractivity contribution in [3.63, 3.8) is 0 Å². The number of nitrogens with zero attached hydrogens (tertiary/aromatic N) is 2. The van der Waals surface area contributed by atoms with Gasteiger partial charge >= 0.3 is 18.1 Å². The van der Waals surface area contributed by atoms with Crippen LogP contribution in [0.5, 0.6) is 0 Å². The fraction of sp³-hybridized carbons (Fsp3) is 0.368. The van der Waals surface area contributed by atoms with Crippen molar-refractivity contribution >= 4 is 17.8 Å². The van der Waals surface area contributed by atoms with Crippen molar-refractivity contribution in [1.29, 1.82) is 0 Å². The average molecular weight is 427 g/mol. The second-order valence-electron chi connectivity index (χ2n) is 7.65. The van der Waals surface area contributed by atoms with Crippen molar-refractivity contribution in [3.05, 3.63) is 42.1 Å². The lowest BCUT2D eigenvalue weighted by Gasteiger charge is -2.29. The fourth-order valence-electron chi connectivity index (χ4n) is 2.74. The van der Waals surface area contributed by atoms with E-state index in [9.17, 15) is 27.6 Å². The Morgan fingerprint density at radius 3 is 2.47 bits per heavy atom. The van der Waals surface area contributed by atoms with Crippen LogP contribution in [0.2, 0.25) is 0 Å². The van der Waals surface area contributed by atoms with E-state index in [1.54, 1.807) is 57.7 Å². The second-order valence-corrected chi connectivity index (χ2v) is 7.65. The van der Waals surface area contributed by atoms with Gasteiger partial charge in [0.15, 0.2) is 0 Å². The largest absolute Gasteiger partial charge is 0.491 e. The molecule has 0 bridgehead atoms. The lowest BCUT2D eigenvalue weighted by molar-refractivity contribution is -0.871. The van der Waals surface area contributed by atoms with Gasteiger partial charge in [-0.05, 0) is 18.2 Å². The van der Waals surface area contributed by atoms with Gasteiger partial charge in [0.05, 0.1) is 45.8 Å². The molecule has 2 rings (SSSR count). The monoisotopic (exact) mass is 427 g/mol. The van der Waals surface area contributed by atoms with E-state index in [1.165, 1.54) is 0 Å². The quantitative estimate of drug-likeness (QED) is 0.399. The average Bonchev–Trinajstić information content (AvgIpc) is 3.14. The van der Waals surface area contributed by atoms with E-state index < -0.39 is 36.5 Å². The standard InChI is InChI=1S/C19H21F3N4O4/c1-26(2,3)11-14(10-16(27)30-18(29)19(20,21)22)24-17(28)13-6-4-5-12(9-13)15-7-8-23-25-15/h4-9,14H,10-11H2,1-3H3,(H-,23,24,25,28)/p+1/t14-/m1/s1. The molecule has 8 nitrogen and oxygen atoms in total. The van der Waals surface area contributed by atoms with E-state index in [2.05, 4.69) is 20.3 Å². The molecule has 162 valence electrons. The van der Waals surface area contributed by atoms with E-state index in [0.717, 1.165) is 0 Å². The minimum atomic E-state index is -5.28. The summed E-state index contributed by atoms with van der Waals surface area (Å²) in [6.07, 6.45) is -4.24. The Labute approximate surface area is 170 Å². The zero-order valence-electron chi connectivity index (χ0n) is 16.6. The number of amides is 1. The maximum absolute atomic E-state index is 12.7. The Balaban J connectivity index is 2.12. The Morgan fingerprint density at radius 1 is 1.20 bits per heavy atom. The molecule has 0 saturated carbocycles. The van der Waals surface area contributed by atoms with Gasteiger partial charge in [0.25, 0.3) is 5.91 Å². The number of esters is 2. The van der Waals surface area contributed by atoms with Gasteiger partial charge < -0.3 is 14.5 Å². The molecule has 0 radical (unpaired) electrons. The molecule has 1 atom stereocenters. The number of quaternary nitrogens is 1. The number of aromatic amines is 1. The van der Waals surface area contributed by atoms with Gasteiger partial charge in [-0.1, -0.05) is 12.1 Å². The van der Waals surface area contributed by atoms with Crippen LogP contribution in [0.4, 0.5) is 13.2 Å².